The summed E-state index contributed by atoms with van der Waals surface area (Å²) in [4.78, 5) is 48.6. The number of halogens is 1. The summed E-state index contributed by atoms with van der Waals surface area (Å²) in [6.45, 7) is 3.23. The van der Waals surface area contributed by atoms with Gasteiger partial charge >= 0.3 is 5.69 Å². The molecule has 9 nitrogen and oxygen atoms in total. The number of carbonyl (C=O) groups is 1. The number of amides is 1. The third-order valence-corrected chi connectivity index (χ3v) is 5.27. The van der Waals surface area contributed by atoms with Crippen molar-refractivity contribution in [2.75, 3.05) is 0 Å². The van der Waals surface area contributed by atoms with Gasteiger partial charge in [-0.25, -0.2) is 4.79 Å². The number of hydrogen-bond donors (Lipinski definition) is 2. The fourth-order valence-corrected chi connectivity index (χ4v) is 3.58. The van der Waals surface area contributed by atoms with Gasteiger partial charge in [-0.15, -0.1) is 0 Å². The van der Waals surface area contributed by atoms with Crippen LogP contribution in [0.15, 0.2) is 34.1 Å². The molecule has 0 saturated carbocycles. The highest BCUT2D eigenvalue weighted by Crippen LogP contribution is 2.11. The zero-order valence-corrected chi connectivity index (χ0v) is 18.3. The second-order valence-electron chi connectivity index (χ2n) is 7.41. The number of nitrogens with zero attached hydrogens (tertiary/aromatic N) is 4. The number of hydrogen-bond acceptors (Lipinski definition) is 5. The molecule has 0 saturated heterocycles. The number of nitrogens with one attached hydrogen (secondary N) is 2. The third-order valence-electron chi connectivity index (χ3n) is 5.09. The number of carbonyl (C=O) groups excluding carboxylic acids is 1. The van der Waals surface area contributed by atoms with Crippen molar-refractivity contribution in [3.8, 4) is 0 Å². The van der Waals surface area contributed by atoms with Crippen LogP contribution in [-0.2, 0) is 24.4 Å². The molecule has 31 heavy (non-hydrogen) atoms. The van der Waals surface area contributed by atoms with Crippen LogP contribution >= 0.6 is 11.6 Å². The molecule has 0 aromatic carbocycles. The van der Waals surface area contributed by atoms with Crippen LogP contribution < -0.4 is 16.6 Å². The summed E-state index contributed by atoms with van der Waals surface area (Å²) in [7, 11) is 0. The topological polar surface area (TPSA) is 115 Å². The van der Waals surface area contributed by atoms with Gasteiger partial charge in [0.25, 0.3) is 5.56 Å². The smallest absolute Gasteiger partial charge is 0.332 e. The SMILES string of the molecule is CCCCCn1c(=O)n(CCCCC(=O)NCc2ccncc2)c(=O)c2[nH]c(Cl)nc21. The summed E-state index contributed by atoms with van der Waals surface area (Å²) < 4.78 is 2.72. The molecule has 3 aromatic rings. The van der Waals surface area contributed by atoms with Gasteiger partial charge in [-0.1, -0.05) is 19.8 Å². The summed E-state index contributed by atoms with van der Waals surface area (Å²) in [5.41, 5.74) is 0.677. The average Bonchev–Trinajstić information content (AvgIpc) is 3.16. The fourth-order valence-electron chi connectivity index (χ4n) is 3.40. The maximum atomic E-state index is 12.9. The summed E-state index contributed by atoms with van der Waals surface area (Å²) in [6, 6.07) is 3.69. The molecule has 0 aliphatic heterocycles. The molecule has 0 fully saturated rings. The van der Waals surface area contributed by atoms with E-state index in [4.69, 9.17) is 11.6 Å². The molecule has 3 rings (SSSR count). The lowest BCUT2D eigenvalue weighted by molar-refractivity contribution is -0.121. The molecule has 10 heteroatoms. The Labute approximate surface area is 184 Å². The Bertz CT molecular complexity index is 1140. The van der Waals surface area contributed by atoms with Gasteiger partial charge in [0.1, 0.15) is 0 Å². The second kappa shape index (κ2) is 10.9. The van der Waals surface area contributed by atoms with E-state index in [-0.39, 0.29) is 28.9 Å². The first-order valence-corrected chi connectivity index (χ1v) is 10.9. The molecule has 0 bridgehead atoms. The number of aromatic amines is 1. The number of imidazole rings is 1. The highest BCUT2D eigenvalue weighted by atomic mass is 35.5. The summed E-state index contributed by atoms with van der Waals surface area (Å²) >= 11 is 5.95. The second-order valence-corrected chi connectivity index (χ2v) is 7.77. The Morgan fingerprint density at radius 2 is 1.81 bits per heavy atom. The van der Waals surface area contributed by atoms with Gasteiger partial charge < -0.3 is 10.3 Å². The quantitative estimate of drug-likeness (QED) is 0.347. The third kappa shape index (κ3) is 5.81. The Kier molecular flexibility index (Phi) is 8.00. The Morgan fingerprint density at radius 1 is 1.10 bits per heavy atom. The average molecular weight is 447 g/mol. The zero-order chi connectivity index (χ0) is 22.2. The van der Waals surface area contributed by atoms with E-state index in [1.165, 1.54) is 9.13 Å². The van der Waals surface area contributed by atoms with E-state index in [2.05, 4.69) is 27.2 Å². The van der Waals surface area contributed by atoms with E-state index < -0.39 is 5.56 Å². The van der Waals surface area contributed by atoms with Crippen molar-refractivity contribution in [3.05, 3.63) is 56.2 Å². The Balaban J connectivity index is 1.62. The largest absolute Gasteiger partial charge is 0.352 e. The van der Waals surface area contributed by atoms with Crippen molar-refractivity contribution in [2.24, 2.45) is 0 Å². The van der Waals surface area contributed by atoms with Crippen LogP contribution in [0.1, 0.15) is 51.0 Å². The van der Waals surface area contributed by atoms with Gasteiger partial charge in [0.15, 0.2) is 11.2 Å². The summed E-state index contributed by atoms with van der Waals surface area (Å²) in [5.74, 6) is -0.0723. The van der Waals surface area contributed by atoms with E-state index >= 15 is 0 Å². The molecule has 0 atom stereocenters. The number of aromatic nitrogens is 5. The molecule has 0 aliphatic rings. The van der Waals surface area contributed by atoms with E-state index in [1.54, 1.807) is 12.4 Å². The van der Waals surface area contributed by atoms with E-state index in [0.717, 1.165) is 24.8 Å². The maximum absolute atomic E-state index is 12.9. The number of rotatable bonds is 11. The van der Waals surface area contributed by atoms with Crippen LogP contribution in [0.3, 0.4) is 0 Å². The minimum atomic E-state index is -0.437. The number of H-pyrrole nitrogens is 1. The summed E-state index contributed by atoms with van der Waals surface area (Å²) in [5, 5.41) is 2.94. The van der Waals surface area contributed by atoms with Crippen molar-refractivity contribution in [1.29, 1.82) is 0 Å². The van der Waals surface area contributed by atoms with Crippen molar-refractivity contribution in [2.45, 2.75) is 65.1 Å². The molecule has 0 spiro atoms. The van der Waals surface area contributed by atoms with Crippen molar-refractivity contribution in [3.63, 3.8) is 0 Å². The van der Waals surface area contributed by atoms with Crippen LogP contribution in [0.2, 0.25) is 5.28 Å². The van der Waals surface area contributed by atoms with E-state index in [0.29, 0.717) is 38.0 Å². The van der Waals surface area contributed by atoms with Gasteiger partial charge in [-0.3, -0.25) is 23.7 Å². The molecule has 3 aromatic heterocycles. The van der Waals surface area contributed by atoms with Gasteiger partial charge in [-0.2, -0.15) is 4.98 Å². The highest BCUT2D eigenvalue weighted by molar-refractivity contribution is 6.28. The molecule has 0 aliphatic carbocycles. The molecular formula is C21H27ClN6O3. The molecule has 0 unspecified atom stereocenters. The molecule has 3 heterocycles. The molecule has 166 valence electrons. The normalized spacial score (nSPS) is 11.2. The monoisotopic (exact) mass is 446 g/mol. The van der Waals surface area contributed by atoms with Gasteiger partial charge in [0.05, 0.1) is 0 Å². The Morgan fingerprint density at radius 3 is 2.55 bits per heavy atom. The Hall–Kier alpha value is -2.94. The lowest BCUT2D eigenvalue weighted by Gasteiger charge is -2.11. The van der Waals surface area contributed by atoms with Crippen molar-refractivity contribution >= 4 is 28.7 Å². The van der Waals surface area contributed by atoms with Crippen LogP contribution in [0.4, 0.5) is 0 Å². The van der Waals surface area contributed by atoms with Gasteiger partial charge in [0.2, 0.25) is 11.2 Å². The van der Waals surface area contributed by atoms with E-state index in [1.807, 2.05) is 12.1 Å². The maximum Gasteiger partial charge on any atom is 0.332 e. The fraction of sp³-hybridized carbons (Fsp3) is 0.476. The van der Waals surface area contributed by atoms with Crippen molar-refractivity contribution < 1.29 is 4.79 Å². The zero-order valence-electron chi connectivity index (χ0n) is 17.6. The standard InChI is InChI=1S/C21H27ClN6O3/c1-2-3-5-12-27-18-17(25-20(22)26-18)19(30)28(21(27)31)13-6-4-7-16(29)24-14-15-8-10-23-11-9-15/h8-11H,2-7,12-14H2,1H3,(H,24,29)(H,25,26). The lowest BCUT2D eigenvalue weighted by atomic mass is 10.2. The lowest BCUT2D eigenvalue weighted by Crippen LogP contribution is -2.40. The first kappa shape index (κ1) is 22.7. The predicted molar refractivity (Wildman–Crippen MR) is 119 cm³/mol. The molecule has 0 radical (unpaired) electrons. The first-order valence-electron chi connectivity index (χ1n) is 10.6. The van der Waals surface area contributed by atoms with E-state index in [9.17, 15) is 14.4 Å². The van der Waals surface area contributed by atoms with Gasteiger partial charge in [0, 0.05) is 38.4 Å². The predicted octanol–water partition coefficient (Wildman–Crippen LogP) is 2.61. The number of pyridine rings is 1. The van der Waals surface area contributed by atoms with Crippen LogP contribution in [0.5, 0.6) is 0 Å². The number of aryl methyl sites for hydroxylation is 1. The molecular weight excluding hydrogens is 420 g/mol. The summed E-state index contributed by atoms with van der Waals surface area (Å²) in [6.07, 6.45) is 7.57. The van der Waals surface area contributed by atoms with Crippen molar-refractivity contribution in [1.82, 2.24) is 29.4 Å². The first-order chi connectivity index (χ1) is 15.0. The molecule has 1 amide bonds. The van der Waals surface area contributed by atoms with Crippen LogP contribution in [0.25, 0.3) is 11.2 Å². The van der Waals surface area contributed by atoms with Crippen LogP contribution in [0, 0.1) is 0 Å². The van der Waals surface area contributed by atoms with Crippen LogP contribution in [-0.4, -0.2) is 30.0 Å². The number of unbranched alkanes of at least 4 members (excludes halogenated alkanes) is 3. The molecule has 2 N–H and O–H groups in total. The highest BCUT2D eigenvalue weighted by Gasteiger charge is 2.16. The van der Waals surface area contributed by atoms with Gasteiger partial charge in [-0.05, 0) is 48.6 Å². The minimum absolute atomic E-state index is 0.0723. The minimum Gasteiger partial charge on any atom is -0.352 e. The number of fused-ring (bicyclic) bond motifs is 1.